The van der Waals surface area contributed by atoms with Gasteiger partial charge >= 0.3 is 0 Å². The molecular weight excluding hydrogens is 394 g/mol. The molecule has 0 amide bonds. The average molecular weight is 420 g/mol. The highest BCUT2D eigenvalue weighted by Gasteiger charge is 2.33. The van der Waals surface area contributed by atoms with Crippen molar-refractivity contribution in [1.29, 1.82) is 0 Å². The smallest absolute Gasteiger partial charge is 0.187 e. The molecule has 0 heterocycles. The van der Waals surface area contributed by atoms with Gasteiger partial charge in [0.05, 0.1) is 0 Å². The predicted molar refractivity (Wildman–Crippen MR) is 129 cm³/mol. The van der Waals surface area contributed by atoms with Crippen LogP contribution in [0.5, 0.6) is 0 Å². The number of anilines is 1. The van der Waals surface area contributed by atoms with E-state index in [4.69, 9.17) is 0 Å². The van der Waals surface area contributed by atoms with E-state index in [0.29, 0.717) is 11.3 Å². The molecule has 158 valence electrons. The van der Waals surface area contributed by atoms with Crippen molar-refractivity contribution in [3.05, 3.63) is 150 Å². The molecule has 4 aromatic rings. The van der Waals surface area contributed by atoms with E-state index < -0.39 is 5.60 Å². The summed E-state index contributed by atoms with van der Waals surface area (Å²) in [6, 6.07) is 37.9. The molecule has 0 radical (unpaired) electrons. The minimum absolute atomic E-state index is 0.118. The summed E-state index contributed by atoms with van der Waals surface area (Å²) in [5, 5.41) is 15.3. The maximum Gasteiger partial charge on any atom is 0.187 e. The topological polar surface area (TPSA) is 49.3 Å². The molecule has 4 rings (SSSR count). The Balaban J connectivity index is 1.76. The lowest BCUT2D eigenvalue weighted by Gasteiger charge is -2.31. The summed E-state index contributed by atoms with van der Waals surface area (Å²) in [7, 11) is 0. The van der Waals surface area contributed by atoms with Crippen molar-refractivity contribution in [2.75, 3.05) is 5.32 Å². The quantitative estimate of drug-likeness (QED) is 0.264. The van der Waals surface area contributed by atoms with Gasteiger partial charge in [0.15, 0.2) is 5.78 Å². The molecule has 0 aliphatic heterocycles. The summed E-state index contributed by atoms with van der Waals surface area (Å²) < 4.78 is 0. The van der Waals surface area contributed by atoms with E-state index in [1.54, 1.807) is 18.2 Å². The van der Waals surface area contributed by atoms with Crippen molar-refractivity contribution in [3.8, 4) is 0 Å². The van der Waals surface area contributed by atoms with Gasteiger partial charge in [-0.15, -0.1) is 0 Å². The zero-order valence-corrected chi connectivity index (χ0v) is 17.7. The van der Waals surface area contributed by atoms with Crippen LogP contribution in [-0.2, 0) is 5.60 Å². The van der Waals surface area contributed by atoms with Gasteiger partial charge in [-0.2, -0.15) is 0 Å². The van der Waals surface area contributed by atoms with Crippen molar-refractivity contribution < 1.29 is 9.90 Å². The number of allylic oxidation sites excluding steroid dienone is 1. The fraction of sp³-hybridized carbons (Fsp3) is 0.0690. The van der Waals surface area contributed by atoms with Crippen LogP contribution in [-0.4, -0.2) is 10.9 Å². The summed E-state index contributed by atoms with van der Waals surface area (Å²) >= 11 is 0. The van der Waals surface area contributed by atoms with Gasteiger partial charge in [-0.1, -0.05) is 109 Å². The van der Waals surface area contributed by atoms with E-state index in [1.165, 1.54) is 0 Å². The Morgan fingerprint density at radius 1 is 0.688 bits per heavy atom. The van der Waals surface area contributed by atoms with E-state index in [-0.39, 0.29) is 12.2 Å². The van der Waals surface area contributed by atoms with Crippen molar-refractivity contribution in [2.45, 2.75) is 12.0 Å². The Morgan fingerprint density at radius 2 is 1.12 bits per heavy atom. The Bertz CT molecular complexity index is 1130. The predicted octanol–water partition coefficient (Wildman–Crippen LogP) is 6.19. The van der Waals surface area contributed by atoms with Crippen LogP contribution in [0.4, 0.5) is 5.69 Å². The Morgan fingerprint density at radius 3 is 1.62 bits per heavy atom. The lowest BCUT2D eigenvalue weighted by atomic mass is 9.82. The highest BCUT2D eigenvalue weighted by atomic mass is 16.3. The maximum absolute atomic E-state index is 13.0. The molecule has 0 aromatic heterocycles. The molecule has 0 aliphatic rings. The summed E-state index contributed by atoms with van der Waals surface area (Å²) in [5.74, 6) is -0.118. The first-order chi connectivity index (χ1) is 15.6. The van der Waals surface area contributed by atoms with Crippen LogP contribution in [0.2, 0.25) is 0 Å². The number of ketones is 1. The number of para-hydroxylation sites is 1. The molecule has 2 N–H and O–H groups in total. The minimum atomic E-state index is -1.31. The summed E-state index contributed by atoms with van der Waals surface area (Å²) in [6.07, 6.45) is 1.79. The van der Waals surface area contributed by atoms with Gasteiger partial charge in [-0.05, 0) is 23.3 Å². The zero-order valence-electron chi connectivity index (χ0n) is 17.7. The number of rotatable bonds is 8. The molecule has 0 fully saturated rings. The van der Waals surface area contributed by atoms with Gasteiger partial charge in [0.25, 0.3) is 0 Å². The highest BCUT2D eigenvalue weighted by Crippen LogP contribution is 2.36. The van der Waals surface area contributed by atoms with Crippen molar-refractivity contribution >= 4 is 11.5 Å². The monoisotopic (exact) mass is 419 g/mol. The first-order valence-corrected chi connectivity index (χ1v) is 10.6. The second kappa shape index (κ2) is 9.90. The normalized spacial score (nSPS) is 11.7. The molecule has 0 bridgehead atoms. The molecule has 32 heavy (non-hydrogen) atoms. The van der Waals surface area contributed by atoms with Gasteiger partial charge in [-0.25, -0.2) is 0 Å². The second-order valence-corrected chi connectivity index (χ2v) is 7.66. The van der Waals surface area contributed by atoms with E-state index in [0.717, 1.165) is 16.8 Å². The third kappa shape index (κ3) is 5.02. The average Bonchev–Trinajstić information content (AvgIpc) is 2.86. The van der Waals surface area contributed by atoms with E-state index in [9.17, 15) is 9.90 Å². The maximum atomic E-state index is 13.0. The van der Waals surface area contributed by atoms with Gasteiger partial charge in [0, 0.05) is 29.4 Å². The standard InChI is InChI=1S/C29H25NO2/c31-28(23-13-5-1-6-14-23)21-27(30-26-19-11-4-12-20-26)22-29(32,24-15-7-2-8-16-24)25-17-9-3-10-18-25/h1-21,30,32H,22H2. The molecule has 0 unspecified atom stereocenters. The third-order valence-electron chi connectivity index (χ3n) is 5.39. The lowest BCUT2D eigenvalue weighted by Crippen LogP contribution is -2.29. The molecule has 0 spiro atoms. The fourth-order valence-electron chi connectivity index (χ4n) is 3.76. The summed E-state index contributed by atoms with van der Waals surface area (Å²) in [5.41, 5.74) is 2.29. The van der Waals surface area contributed by atoms with Gasteiger partial charge < -0.3 is 10.4 Å². The van der Waals surface area contributed by atoms with Gasteiger partial charge in [-0.3, -0.25) is 4.79 Å². The molecule has 0 atom stereocenters. The SMILES string of the molecule is O=C(C=C(CC(O)(c1ccccc1)c1ccccc1)Nc1ccccc1)c1ccccc1. The number of hydrogen-bond donors (Lipinski definition) is 2. The second-order valence-electron chi connectivity index (χ2n) is 7.66. The summed E-state index contributed by atoms with van der Waals surface area (Å²) in [4.78, 5) is 13.0. The van der Waals surface area contributed by atoms with Gasteiger partial charge in [0.2, 0.25) is 0 Å². The van der Waals surface area contributed by atoms with Crippen LogP contribution in [0.15, 0.2) is 133 Å². The van der Waals surface area contributed by atoms with Crippen LogP contribution in [0, 0.1) is 0 Å². The number of carbonyl (C=O) groups is 1. The molecule has 0 aliphatic carbocycles. The molecular formula is C29H25NO2. The van der Waals surface area contributed by atoms with Crippen LogP contribution in [0.1, 0.15) is 27.9 Å². The molecule has 4 aromatic carbocycles. The first-order valence-electron chi connectivity index (χ1n) is 10.6. The Hall–Kier alpha value is -3.95. The van der Waals surface area contributed by atoms with Crippen LogP contribution in [0.25, 0.3) is 0 Å². The van der Waals surface area contributed by atoms with Crippen LogP contribution >= 0.6 is 0 Å². The van der Waals surface area contributed by atoms with E-state index >= 15 is 0 Å². The Labute approximate surface area is 188 Å². The van der Waals surface area contributed by atoms with Crippen LogP contribution in [0.3, 0.4) is 0 Å². The van der Waals surface area contributed by atoms with Crippen LogP contribution < -0.4 is 5.32 Å². The summed E-state index contributed by atoms with van der Waals surface area (Å²) in [6.45, 7) is 0. The highest BCUT2D eigenvalue weighted by molar-refractivity contribution is 6.05. The minimum Gasteiger partial charge on any atom is -0.380 e. The number of hydrogen-bond acceptors (Lipinski definition) is 3. The fourth-order valence-corrected chi connectivity index (χ4v) is 3.76. The van der Waals surface area contributed by atoms with E-state index in [1.807, 2.05) is 109 Å². The largest absolute Gasteiger partial charge is 0.380 e. The molecule has 3 heteroatoms. The molecule has 0 saturated carbocycles. The molecule has 3 nitrogen and oxygen atoms in total. The zero-order chi connectivity index (χ0) is 22.2. The number of nitrogens with one attached hydrogen (secondary N) is 1. The first kappa shape index (κ1) is 21.3. The van der Waals surface area contributed by atoms with Crippen molar-refractivity contribution in [3.63, 3.8) is 0 Å². The third-order valence-corrected chi connectivity index (χ3v) is 5.39. The van der Waals surface area contributed by atoms with E-state index in [2.05, 4.69) is 5.32 Å². The van der Waals surface area contributed by atoms with Crippen molar-refractivity contribution in [1.82, 2.24) is 0 Å². The number of benzene rings is 4. The Kier molecular flexibility index (Phi) is 6.59. The number of aliphatic hydroxyl groups is 1. The molecule has 0 saturated heterocycles. The van der Waals surface area contributed by atoms with Gasteiger partial charge in [0.1, 0.15) is 5.60 Å². The number of carbonyl (C=O) groups excluding carboxylic acids is 1. The lowest BCUT2D eigenvalue weighted by molar-refractivity contribution is 0.0812. The van der Waals surface area contributed by atoms with Crippen molar-refractivity contribution in [2.24, 2.45) is 0 Å².